The van der Waals surface area contributed by atoms with E-state index in [1.54, 1.807) is 90.1 Å². The molecule has 122 heavy (non-hydrogen) atoms. The van der Waals surface area contributed by atoms with Crippen LogP contribution in [0.1, 0.15) is 145 Å². The zero-order valence-corrected chi connectivity index (χ0v) is 74.7. The Hall–Kier alpha value is -10.9. The minimum absolute atomic E-state index is 0.000182. The van der Waals surface area contributed by atoms with Crippen molar-refractivity contribution in [3.05, 3.63) is 274 Å². The molecular formula is C78H64Br3Cl7F6N20O8. The summed E-state index contributed by atoms with van der Waals surface area (Å²) in [6.07, 6.45) is -3.95. The van der Waals surface area contributed by atoms with Crippen molar-refractivity contribution in [2.75, 3.05) is 35.4 Å². The number of aromatic nitrogens is 12. The minimum atomic E-state index is -4.81. The van der Waals surface area contributed by atoms with E-state index in [4.69, 9.17) is 81.2 Å². The molecule has 4 aromatic carbocycles. The lowest BCUT2D eigenvalue weighted by atomic mass is 10.1. The fourth-order valence-corrected chi connectivity index (χ4v) is 14.3. The largest absolute Gasteiger partial charge is 0.435 e. The van der Waals surface area contributed by atoms with Crippen LogP contribution in [0.3, 0.4) is 0 Å². The Labute approximate surface area is 750 Å². The average molecular weight is 2010 g/mol. The van der Waals surface area contributed by atoms with Crippen molar-refractivity contribution in [2.24, 2.45) is 0 Å². The van der Waals surface area contributed by atoms with Crippen LogP contribution in [0.15, 0.2) is 160 Å². The van der Waals surface area contributed by atoms with Gasteiger partial charge in [-0.25, -0.2) is 38.7 Å². The molecule has 0 aliphatic rings. The average Bonchev–Trinajstić information content (AvgIpc) is 1.37. The van der Waals surface area contributed by atoms with Gasteiger partial charge in [0.05, 0.1) is 65.1 Å². The third kappa shape index (κ3) is 23.5. The summed E-state index contributed by atoms with van der Waals surface area (Å²) < 4.78 is 85.9. The molecule has 0 spiro atoms. The number of aryl methyl sites for hydroxylation is 4. The van der Waals surface area contributed by atoms with E-state index < -0.39 is 70.6 Å². The Morgan fingerprint density at radius 1 is 0.352 bits per heavy atom. The Morgan fingerprint density at radius 2 is 0.607 bits per heavy atom. The molecule has 0 saturated heterocycles. The normalized spacial score (nSPS) is 11.1. The number of carbonyl (C=O) groups is 8. The number of nitrogens with zero attached hydrogens (tertiary/aromatic N) is 12. The molecule has 0 atom stereocenters. The van der Waals surface area contributed by atoms with E-state index >= 15 is 0 Å². The number of hydrogen-bond donors (Lipinski definition) is 8. The van der Waals surface area contributed by atoms with E-state index in [0.29, 0.717) is 76.1 Å². The Balaban J connectivity index is 0.000000185. The van der Waals surface area contributed by atoms with Crippen LogP contribution in [0, 0.1) is 27.7 Å². The fraction of sp³-hybridized carbons (Fsp3) is 0.179. The SMILES string of the molecule is CNC(=O)c1cc(Br)cc(C)c1NC(=O)c1cc(Cl)nn1-c1ncccc1Cl.CNC(=O)c1cc(Cl)cc(C)c1NC(=O)c1cc(C(F)(F)F)nn1-c1ncccc1Cl.Cc1cc(Br)cc(C(=O)NC(C)C)c1NC(=O)c1cc(C(F)(F)F)nn1-c1ncccc1Cl.Cc1cc(Br)cc(C(=O)NC(C)C)c1NC(=O)c1cc(Cl)nn1-c1ncccc1Cl. The van der Waals surface area contributed by atoms with Gasteiger partial charge in [-0.1, -0.05) is 129 Å². The monoisotopic (exact) mass is 2000 g/mol. The number of hydrogen-bond acceptors (Lipinski definition) is 16. The molecule has 28 nitrogen and oxygen atoms in total. The van der Waals surface area contributed by atoms with Gasteiger partial charge in [0.1, 0.15) is 22.8 Å². The molecule has 0 aliphatic heterocycles. The van der Waals surface area contributed by atoms with Gasteiger partial charge in [-0.05, 0) is 175 Å². The first kappa shape index (κ1) is 95.0. The van der Waals surface area contributed by atoms with Crippen molar-refractivity contribution in [1.29, 1.82) is 0 Å². The van der Waals surface area contributed by atoms with E-state index in [2.05, 4.69) is 131 Å². The molecule has 0 saturated carbocycles. The van der Waals surface area contributed by atoms with Crippen LogP contribution < -0.4 is 42.5 Å². The van der Waals surface area contributed by atoms with Gasteiger partial charge in [0.25, 0.3) is 47.3 Å². The lowest BCUT2D eigenvalue weighted by Gasteiger charge is -2.16. The molecule has 0 bridgehead atoms. The smallest absolute Gasteiger partial charge is 0.355 e. The number of benzene rings is 4. The first-order valence-electron chi connectivity index (χ1n) is 35.2. The summed E-state index contributed by atoms with van der Waals surface area (Å²) in [6, 6.07) is 29.0. The van der Waals surface area contributed by atoms with Gasteiger partial charge in [0.2, 0.25) is 0 Å². The molecular weight excluding hydrogens is 1950 g/mol. The Kier molecular flexibility index (Phi) is 31.8. The highest BCUT2D eigenvalue weighted by Gasteiger charge is 2.39. The first-order valence-corrected chi connectivity index (χ1v) is 40.2. The lowest BCUT2D eigenvalue weighted by molar-refractivity contribution is -0.142. The van der Waals surface area contributed by atoms with Crippen LogP contribution in [0.4, 0.5) is 49.1 Å². The molecule has 0 aliphatic carbocycles. The number of pyridine rings is 4. The summed E-state index contributed by atoms with van der Waals surface area (Å²) in [4.78, 5) is 118. The summed E-state index contributed by atoms with van der Waals surface area (Å²) in [5.41, 5.74) is 0.889. The van der Waals surface area contributed by atoms with Crippen LogP contribution >= 0.6 is 129 Å². The zero-order chi connectivity index (χ0) is 89.8. The van der Waals surface area contributed by atoms with Crippen LogP contribution in [-0.4, -0.2) is 132 Å². The molecule has 636 valence electrons. The number of halogens is 16. The van der Waals surface area contributed by atoms with Crippen molar-refractivity contribution in [1.82, 2.24) is 80.3 Å². The van der Waals surface area contributed by atoms with Crippen molar-refractivity contribution in [2.45, 2.75) is 79.8 Å². The van der Waals surface area contributed by atoms with Crippen molar-refractivity contribution in [3.8, 4) is 23.3 Å². The molecule has 8 N–H and O–H groups in total. The maximum Gasteiger partial charge on any atom is 0.435 e. The summed E-state index contributed by atoms with van der Waals surface area (Å²) in [7, 11) is 2.90. The van der Waals surface area contributed by atoms with Crippen molar-refractivity contribution >= 4 is 199 Å². The minimum Gasteiger partial charge on any atom is -0.355 e. The molecule has 0 unspecified atom stereocenters. The molecule has 8 heterocycles. The number of alkyl halides is 6. The van der Waals surface area contributed by atoms with Crippen molar-refractivity contribution < 1.29 is 64.7 Å². The second-order valence-corrected chi connectivity index (χ2v) is 31.8. The predicted octanol–water partition coefficient (Wildman–Crippen LogP) is 19.2. The Morgan fingerprint density at radius 3 is 0.869 bits per heavy atom. The highest BCUT2D eigenvalue weighted by atomic mass is 79.9. The Bertz CT molecular complexity index is 6070. The molecule has 12 aromatic rings. The maximum atomic E-state index is 13.4. The van der Waals surface area contributed by atoms with Crippen LogP contribution in [0.2, 0.25) is 35.4 Å². The lowest BCUT2D eigenvalue weighted by Crippen LogP contribution is -2.31. The van der Waals surface area contributed by atoms with Crippen LogP contribution in [-0.2, 0) is 12.4 Å². The zero-order valence-electron chi connectivity index (χ0n) is 64.7. The van der Waals surface area contributed by atoms with E-state index in [9.17, 15) is 64.7 Å². The summed E-state index contributed by atoms with van der Waals surface area (Å²) in [5, 5.41) is 37.4. The fourth-order valence-electron chi connectivity index (χ4n) is 11.2. The number of anilines is 4. The van der Waals surface area contributed by atoms with E-state index in [-0.39, 0.29) is 106 Å². The maximum absolute atomic E-state index is 13.4. The van der Waals surface area contributed by atoms with Gasteiger partial charge in [0.15, 0.2) is 45.0 Å². The van der Waals surface area contributed by atoms with Gasteiger partial charge in [-0.15, -0.1) is 0 Å². The van der Waals surface area contributed by atoms with Crippen LogP contribution in [0.5, 0.6) is 0 Å². The highest BCUT2D eigenvalue weighted by molar-refractivity contribution is 9.11. The summed E-state index contributed by atoms with van der Waals surface area (Å²) in [5.74, 6) is -4.33. The third-order valence-electron chi connectivity index (χ3n) is 16.5. The highest BCUT2D eigenvalue weighted by Crippen LogP contribution is 2.37. The molecule has 8 aromatic heterocycles. The number of amides is 8. The molecule has 0 fully saturated rings. The third-order valence-corrected chi connectivity index (χ3v) is 19.6. The van der Waals surface area contributed by atoms with Crippen LogP contribution in [0.25, 0.3) is 23.3 Å². The van der Waals surface area contributed by atoms with Gasteiger partial charge < -0.3 is 42.5 Å². The summed E-state index contributed by atoms with van der Waals surface area (Å²) >= 11 is 52.7. The number of nitrogens with one attached hydrogen (secondary N) is 8. The topological polar surface area (TPSA) is 356 Å². The van der Waals surface area contributed by atoms with E-state index in [0.717, 1.165) is 13.6 Å². The predicted molar refractivity (Wildman–Crippen MR) is 462 cm³/mol. The van der Waals surface area contributed by atoms with Gasteiger partial charge >= 0.3 is 12.4 Å². The summed E-state index contributed by atoms with van der Waals surface area (Å²) in [6.45, 7) is 14.1. The molecule has 44 heteroatoms. The number of carbonyl (C=O) groups excluding carboxylic acids is 8. The van der Waals surface area contributed by atoms with Gasteiger partial charge in [-0.2, -0.15) is 46.7 Å². The quantitative estimate of drug-likeness (QED) is 0.0370. The van der Waals surface area contributed by atoms with Gasteiger partial charge in [0, 0.05) is 93.7 Å². The van der Waals surface area contributed by atoms with E-state index in [1.165, 1.54) is 103 Å². The van der Waals surface area contributed by atoms with Gasteiger partial charge in [-0.3, -0.25) is 38.4 Å². The first-order chi connectivity index (χ1) is 57.4. The molecule has 8 amide bonds. The second-order valence-electron chi connectivity index (χ2n) is 26.2. The molecule has 12 rings (SSSR count). The van der Waals surface area contributed by atoms with E-state index in [1.807, 2.05) is 19.9 Å². The standard InChI is InChI=1S/C21H18BrClF3N5O2.C20H18BrCl2N5O2.C19H14Cl2F3N5O2.C18H14BrCl2N5O2/c1-10(2)28-19(32)13-8-12(22)7-11(3)17(13)29-20(33)15-9-16(21(24,25)26)30-31(15)18-14(23)5-4-6-27-18;1-10(2)25-19(29)13-8-12(21)7-11(3)17(13)26-20(30)15-9-16(23)27-28(15)18-14(22)5-4-6-24-18;1-9-6-10(20)7-11(17(30)25-2)15(9)27-18(31)13-8-14(19(22,23)24)28-29(13)16-12(21)4-3-5-26-16;1-9-6-10(19)7-11(17(27)22-2)15(9)24-18(28)13-8-14(21)25-26(13)16-12(20)4-3-5-23-16/h4-10H,1-3H3,(H,28,32)(H,29,33);4-10H,1-3H3,(H,25,29)(H,26,30);3-8H,1-2H3,(H,25,30)(H,27,31);3-8H,1-2H3,(H,22,27)(H,24,28). The van der Waals surface area contributed by atoms with Crippen molar-refractivity contribution in [3.63, 3.8) is 0 Å². The number of rotatable bonds is 18. The molecule has 0 radical (unpaired) electrons. The second kappa shape index (κ2) is 40.9.